The summed E-state index contributed by atoms with van der Waals surface area (Å²) in [5, 5.41) is 8.97. The Kier molecular flexibility index (Phi) is 2.25. The molecule has 0 spiro atoms. The van der Waals surface area contributed by atoms with Crippen LogP contribution in [0, 0.1) is 6.92 Å². The number of oxazole rings is 1. The molecule has 0 saturated carbocycles. The summed E-state index contributed by atoms with van der Waals surface area (Å²) in [6.07, 6.45) is 1.52. The smallest absolute Gasteiger partial charge is 0.336 e. The highest BCUT2D eigenvalue weighted by Crippen LogP contribution is 2.24. The van der Waals surface area contributed by atoms with Gasteiger partial charge in [0.05, 0.1) is 11.8 Å². The number of nitrogens with zero attached hydrogens (tertiary/aromatic N) is 1. The van der Waals surface area contributed by atoms with Crippen molar-refractivity contribution in [1.82, 2.24) is 4.98 Å². The summed E-state index contributed by atoms with van der Waals surface area (Å²) in [6.45, 7) is 1.72. The minimum atomic E-state index is -0.973. The van der Waals surface area contributed by atoms with Crippen LogP contribution in [0.5, 0.6) is 0 Å². The van der Waals surface area contributed by atoms with E-state index in [2.05, 4.69) is 4.98 Å². The molecule has 1 N–H and O–H groups in total. The molecular weight excluding hydrogens is 194 g/mol. The highest BCUT2D eigenvalue weighted by Gasteiger charge is 2.13. The Morgan fingerprint density at radius 1 is 1.40 bits per heavy atom. The monoisotopic (exact) mass is 203 g/mol. The molecule has 0 radical (unpaired) electrons. The second-order valence-corrected chi connectivity index (χ2v) is 3.09. The van der Waals surface area contributed by atoms with Gasteiger partial charge in [0.15, 0.2) is 11.7 Å². The van der Waals surface area contributed by atoms with Crippen molar-refractivity contribution < 1.29 is 14.3 Å². The van der Waals surface area contributed by atoms with Crippen molar-refractivity contribution in [2.75, 3.05) is 0 Å². The first-order valence-electron chi connectivity index (χ1n) is 4.43. The molecule has 0 unspecified atom stereocenters. The quantitative estimate of drug-likeness (QED) is 0.813. The van der Waals surface area contributed by atoms with Crippen LogP contribution in [0.25, 0.3) is 11.3 Å². The van der Waals surface area contributed by atoms with E-state index in [4.69, 9.17) is 9.52 Å². The summed E-state index contributed by atoms with van der Waals surface area (Å²) in [4.78, 5) is 14.9. The van der Waals surface area contributed by atoms with Gasteiger partial charge in [0.25, 0.3) is 0 Å². The number of aromatic carboxylic acids is 1. The molecule has 2 rings (SSSR count). The molecule has 15 heavy (non-hydrogen) atoms. The van der Waals surface area contributed by atoms with Crippen molar-refractivity contribution in [3.8, 4) is 11.3 Å². The van der Waals surface area contributed by atoms with Crippen molar-refractivity contribution in [3.05, 3.63) is 41.9 Å². The van der Waals surface area contributed by atoms with E-state index in [9.17, 15) is 4.79 Å². The predicted molar refractivity (Wildman–Crippen MR) is 53.6 cm³/mol. The number of hydrogen-bond acceptors (Lipinski definition) is 3. The van der Waals surface area contributed by atoms with Crippen LogP contribution < -0.4 is 0 Å². The number of carboxylic acid groups (broad SMARTS) is 1. The van der Waals surface area contributed by atoms with Crippen LogP contribution in [0.4, 0.5) is 0 Å². The van der Waals surface area contributed by atoms with E-state index >= 15 is 0 Å². The van der Waals surface area contributed by atoms with Gasteiger partial charge < -0.3 is 9.52 Å². The fraction of sp³-hybridized carbons (Fsp3) is 0.0909. The maximum absolute atomic E-state index is 10.9. The summed E-state index contributed by atoms with van der Waals surface area (Å²) < 4.78 is 5.29. The summed E-state index contributed by atoms with van der Waals surface area (Å²) in [6, 6.07) is 6.68. The third-order valence-corrected chi connectivity index (χ3v) is 2.04. The van der Waals surface area contributed by atoms with Crippen molar-refractivity contribution >= 4 is 5.97 Å². The van der Waals surface area contributed by atoms with E-state index in [0.29, 0.717) is 17.2 Å². The Hall–Kier alpha value is -2.10. The molecule has 1 heterocycles. The standard InChI is InChI=1S/C11H9NO3/c1-7-12-6-10(15-7)8-4-2-3-5-9(8)11(13)14/h2-6H,1H3,(H,13,14). The summed E-state index contributed by atoms with van der Waals surface area (Å²) in [5.74, 6) is 0.0235. The van der Waals surface area contributed by atoms with Crippen molar-refractivity contribution in [2.24, 2.45) is 0 Å². The van der Waals surface area contributed by atoms with Crippen LogP contribution in [0.15, 0.2) is 34.9 Å². The molecule has 2 aromatic rings. The second kappa shape index (κ2) is 3.57. The lowest BCUT2D eigenvalue weighted by molar-refractivity contribution is 0.0697. The average molecular weight is 203 g/mol. The zero-order valence-electron chi connectivity index (χ0n) is 8.10. The largest absolute Gasteiger partial charge is 0.478 e. The first-order chi connectivity index (χ1) is 7.18. The van der Waals surface area contributed by atoms with Crippen LogP contribution in [-0.2, 0) is 0 Å². The Bertz CT molecular complexity index is 502. The molecule has 0 aliphatic heterocycles. The van der Waals surface area contributed by atoms with Crippen LogP contribution >= 0.6 is 0 Å². The van der Waals surface area contributed by atoms with Gasteiger partial charge >= 0.3 is 5.97 Å². The van der Waals surface area contributed by atoms with E-state index in [1.165, 1.54) is 12.3 Å². The van der Waals surface area contributed by atoms with Crippen molar-refractivity contribution in [1.29, 1.82) is 0 Å². The first-order valence-corrected chi connectivity index (χ1v) is 4.43. The Morgan fingerprint density at radius 2 is 2.13 bits per heavy atom. The Morgan fingerprint density at radius 3 is 2.73 bits per heavy atom. The first kappa shape index (κ1) is 9.45. The number of aryl methyl sites for hydroxylation is 1. The number of aromatic nitrogens is 1. The number of carboxylic acids is 1. The van der Waals surface area contributed by atoms with E-state index in [1.807, 2.05) is 0 Å². The molecule has 76 valence electrons. The van der Waals surface area contributed by atoms with Gasteiger partial charge in [0.1, 0.15) is 0 Å². The Balaban J connectivity index is 2.57. The molecule has 0 saturated heterocycles. The maximum atomic E-state index is 10.9. The molecule has 0 atom stereocenters. The third kappa shape index (κ3) is 1.74. The van der Waals surface area contributed by atoms with Gasteiger partial charge in [-0.2, -0.15) is 0 Å². The van der Waals surface area contributed by atoms with Crippen LogP contribution in [-0.4, -0.2) is 16.1 Å². The normalized spacial score (nSPS) is 10.2. The number of rotatable bonds is 2. The maximum Gasteiger partial charge on any atom is 0.336 e. The van der Waals surface area contributed by atoms with Gasteiger partial charge in [-0.15, -0.1) is 0 Å². The fourth-order valence-corrected chi connectivity index (χ4v) is 1.37. The Labute approximate surface area is 86.2 Å². The molecule has 0 aliphatic carbocycles. The molecule has 4 nitrogen and oxygen atoms in total. The molecule has 0 bridgehead atoms. The van der Waals surface area contributed by atoms with Gasteiger partial charge in [0.2, 0.25) is 0 Å². The number of hydrogen-bond donors (Lipinski definition) is 1. The van der Waals surface area contributed by atoms with Gasteiger partial charge in [-0.3, -0.25) is 0 Å². The second-order valence-electron chi connectivity index (χ2n) is 3.09. The molecule has 1 aromatic heterocycles. The van der Waals surface area contributed by atoms with Crippen LogP contribution in [0.2, 0.25) is 0 Å². The summed E-state index contributed by atoms with van der Waals surface area (Å²) in [7, 11) is 0. The molecule has 0 aliphatic rings. The SMILES string of the molecule is Cc1ncc(-c2ccccc2C(=O)O)o1. The molecule has 1 aromatic carbocycles. The third-order valence-electron chi connectivity index (χ3n) is 2.04. The average Bonchev–Trinajstić information content (AvgIpc) is 2.65. The van der Waals surface area contributed by atoms with Crippen molar-refractivity contribution in [3.63, 3.8) is 0 Å². The van der Waals surface area contributed by atoms with Gasteiger partial charge in [-0.25, -0.2) is 9.78 Å². The van der Waals surface area contributed by atoms with E-state index in [-0.39, 0.29) is 5.56 Å². The molecule has 0 amide bonds. The molecule has 0 fully saturated rings. The van der Waals surface area contributed by atoms with Gasteiger partial charge in [-0.05, 0) is 6.07 Å². The lowest BCUT2D eigenvalue weighted by Crippen LogP contribution is -1.98. The molecular formula is C11H9NO3. The lowest BCUT2D eigenvalue weighted by Gasteiger charge is -2.00. The van der Waals surface area contributed by atoms with E-state index in [0.717, 1.165) is 0 Å². The minimum absolute atomic E-state index is 0.216. The zero-order chi connectivity index (χ0) is 10.8. The fourth-order valence-electron chi connectivity index (χ4n) is 1.37. The summed E-state index contributed by atoms with van der Waals surface area (Å²) >= 11 is 0. The van der Waals surface area contributed by atoms with Gasteiger partial charge in [-0.1, -0.05) is 18.2 Å². The minimum Gasteiger partial charge on any atom is -0.478 e. The molecule has 4 heteroatoms. The zero-order valence-corrected chi connectivity index (χ0v) is 8.10. The van der Waals surface area contributed by atoms with E-state index < -0.39 is 5.97 Å². The predicted octanol–water partition coefficient (Wildman–Crippen LogP) is 2.35. The summed E-state index contributed by atoms with van der Waals surface area (Å²) in [5.41, 5.74) is 0.763. The highest BCUT2D eigenvalue weighted by atomic mass is 16.4. The van der Waals surface area contributed by atoms with E-state index in [1.54, 1.807) is 25.1 Å². The highest BCUT2D eigenvalue weighted by molar-refractivity contribution is 5.95. The van der Waals surface area contributed by atoms with Crippen molar-refractivity contribution in [2.45, 2.75) is 6.92 Å². The topological polar surface area (TPSA) is 63.3 Å². The van der Waals surface area contributed by atoms with Crippen LogP contribution in [0.1, 0.15) is 16.2 Å². The lowest BCUT2D eigenvalue weighted by atomic mass is 10.1. The van der Waals surface area contributed by atoms with Crippen LogP contribution in [0.3, 0.4) is 0 Å². The van der Waals surface area contributed by atoms with Gasteiger partial charge in [0, 0.05) is 12.5 Å². The number of benzene rings is 1. The number of carbonyl (C=O) groups is 1.